The Bertz CT molecular complexity index is 1200. The maximum Gasteiger partial charge on any atom is 0.216 e. The van der Waals surface area contributed by atoms with E-state index in [1.807, 2.05) is 0 Å². The van der Waals surface area contributed by atoms with Gasteiger partial charge in [-0.2, -0.15) is 0 Å². The summed E-state index contributed by atoms with van der Waals surface area (Å²) in [6, 6.07) is 2.01. The second-order valence-corrected chi connectivity index (χ2v) is 13.2. The largest absolute Gasteiger partial charge is 0.381 e. The summed E-state index contributed by atoms with van der Waals surface area (Å²) in [4.78, 5) is 26.6. The molecule has 0 aliphatic carbocycles. The second kappa shape index (κ2) is 12.1. The van der Waals surface area contributed by atoms with Crippen LogP contribution in [0.4, 0.5) is 5.82 Å². The van der Waals surface area contributed by atoms with Crippen molar-refractivity contribution in [2.75, 3.05) is 31.6 Å². The molecule has 2 saturated heterocycles. The van der Waals surface area contributed by atoms with Crippen molar-refractivity contribution in [1.82, 2.24) is 19.3 Å². The Balaban J connectivity index is 1.46. The topological polar surface area (TPSA) is 114 Å². The van der Waals surface area contributed by atoms with Gasteiger partial charge in [0.05, 0.1) is 28.4 Å². The number of sulfonamides is 1. The number of carbonyl (C=O) groups is 1. The average Bonchev–Trinajstić information content (AvgIpc) is 2.90. The van der Waals surface area contributed by atoms with Crippen molar-refractivity contribution in [3.05, 3.63) is 35.4 Å². The molecule has 2 aromatic rings. The van der Waals surface area contributed by atoms with Gasteiger partial charge in [-0.05, 0) is 58.4 Å². The van der Waals surface area contributed by atoms with Gasteiger partial charge in [0.2, 0.25) is 10.0 Å². The Morgan fingerprint density at radius 2 is 1.95 bits per heavy atom. The van der Waals surface area contributed by atoms with Crippen LogP contribution in [0.5, 0.6) is 0 Å². The molecule has 0 spiro atoms. The van der Waals surface area contributed by atoms with Crippen molar-refractivity contribution >= 4 is 33.2 Å². The SMILES string of the molecule is CC(C)S(=O)(=O)N1CCC[C@@H](C(=O)Cc2cc(-c3cncc(N[C@@H](C)C4CCOCC4)n3)c(Cl)cn2)C1. The Hall–Kier alpha value is -2.14. The second-order valence-electron chi connectivity index (χ2n) is 10.3. The van der Waals surface area contributed by atoms with E-state index < -0.39 is 15.3 Å². The van der Waals surface area contributed by atoms with E-state index in [1.165, 1.54) is 10.5 Å². The van der Waals surface area contributed by atoms with Crippen molar-refractivity contribution in [2.45, 2.75) is 64.2 Å². The fourth-order valence-corrected chi connectivity index (χ4v) is 6.53. The number of Topliss-reactive ketones (excluding diaryl/α,β-unsaturated/α-hetero) is 1. The van der Waals surface area contributed by atoms with E-state index >= 15 is 0 Å². The highest BCUT2D eigenvalue weighted by molar-refractivity contribution is 7.89. The number of halogens is 1. The first-order valence-electron chi connectivity index (χ1n) is 13.0. The normalized spacial score (nSPS) is 20.6. The van der Waals surface area contributed by atoms with E-state index in [4.69, 9.17) is 21.3 Å². The molecule has 11 heteroatoms. The molecule has 2 aliphatic heterocycles. The molecule has 9 nitrogen and oxygen atoms in total. The number of ketones is 1. The minimum absolute atomic E-state index is 0.0174. The van der Waals surface area contributed by atoms with E-state index in [-0.39, 0.29) is 30.7 Å². The molecule has 37 heavy (non-hydrogen) atoms. The van der Waals surface area contributed by atoms with Crippen LogP contribution in [0, 0.1) is 11.8 Å². The summed E-state index contributed by atoms with van der Waals surface area (Å²) in [6.45, 7) is 7.73. The first kappa shape index (κ1) is 27.9. The quantitative estimate of drug-likeness (QED) is 0.499. The van der Waals surface area contributed by atoms with Crippen molar-refractivity contribution in [3.63, 3.8) is 0 Å². The lowest BCUT2D eigenvalue weighted by atomic mass is 9.92. The number of hydrogen-bond acceptors (Lipinski definition) is 8. The number of ether oxygens (including phenoxy) is 1. The molecule has 0 radical (unpaired) electrons. The standard InChI is InChI=1S/C26H36ClN5O4S/c1-17(2)37(34,35)32-8-4-5-20(16-32)25(33)12-21-11-22(23(27)13-29-21)24-14-28-15-26(31-24)30-18(3)19-6-9-36-10-7-19/h11,13-15,17-20H,4-10,12,16H2,1-3H3,(H,30,31)/t18-,20+/m0/s1. The highest BCUT2D eigenvalue weighted by Gasteiger charge is 2.34. The molecule has 2 aromatic heterocycles. The highest BCUT2D eigenvalue weighted by Crippen LogP contribution is 2.29. The minimum Gasteiger partial charge on any atom is -0.381 e. The highest BCUT2D eigenvalue weighted by atomic mass is 35.5. The minimum atomic E-state index is -3.39. The molecular formula is C26H36ClN5O4S. The van der Waals surface area contributed by atoms with Crippen molar-refractivity contribution in [1.29, 1.82) is 0 Å². The van der Waals surface area contributed by atoms with Gasteiger partial charge in [0.25, 0.3) is 0 Å². The van der Waals surface area contributed by atoms with E-state index in [2.05, 4.69) is 22.2 Å². The van der Waals surface area contributed by atoms with Crippen LogP contribution in [0.1, 0.15) is 52.1 Å². The predicted molar refractivity (Wildman–Crippen MR) is 144 cm³/mol. The Labute approximate surface area is 224 Å². The molecule has 0 unspecified atom stereocenters. The average molecular weight is 550 g/mol. The van der Waals surface area contributed by atoms with Crippen LogP contribution in [0.3, 0.4) is 0 Å². The lowest BCUT2D eigenvalue weighted by molar-refractivity contribution is -0.123. The van der Waals surface area contributed by atoms with Crippen molar-refractivity contribution in [2.24, 2.45) is 11.8 Å². The zero-order valence-corrected chi connectivity index (χ0v) is 23.3. The monoisotopic (exact) mass is 549 g/mol. The fourth-order valence-electron chi connectivity index (χ4n) is 4.96. The third-order valence-corrected chi connectivity index (χ3v) is 9.87. The lowest BCUT2D eigenvalue weighted by Gasteiger charge is -2.32. The summed E-state index contributed by atoms with van der Waals surface area (Å²) < 4.78 is 32.1. The third kappa shape index (κ3) is 6.85. The van der Waals surface area contributed by atoms with Crippen LogP contribution in [0.15, 0.2) is 24.7 Å². The summed E-state index contributed by atoms with van der Waals surface area (Å²) in [5.41, 5.74) is 1.82. The molecule has 2 atom stereocenters. The summed E-state index contributed by atoms with van der Waals surface area (Å²) in [5, 5.41) is 3.38. The van der Waals surface area contributed by atoms with Gasteiger partial charge in [-0.15, -0.1) is 0 Å². The predicted octanol–water partition coefficient (Wildman–Crippen LogP) is 3.98. The lowest BCUT2D eigenvalue weighted by Crippen LogP contribution is -2.45. The number of aromatic nitrogens is 3. The van der Waals surface area contributed by atoms with Gasteiger partial charge in [0.1, 0.15) is 11.6 Å². The Morgan fingerprint density at radius 1 is 1.19 bits per heavy atom. The van der Waals surface area contributed by atoms with E-state index in [0.717, 1.165) is 26.1 Å². The van der Waals surface area contributed by atoms with E-state index in [0.29, 0.717) is 53.1 Å². The Kier molecular flexibility index (Phi) is 9.15. The zero-order chi connectivity index (χ0) is 26.6. The zero-order valence-electron chi connectivity index (χ0n) is 21.7. The fraction of sp³-hybridized carbons (Fsp3) is 0.615. The summed E-state index contributed by atoms with van der Waals surface area (Å²) in [5.74, 6) is 0.807. The van der Waals surface area contributed by atoms with Gasteiger partial charge < -0.3 is 10.1 Å². The van der Waals surface area contributed by atoms with Crippen LogP contribution >= 0.6 is 11.6 Å². The summed E-state index contributed by atoms with van der Waals surface area (Å²) >= 11 is 6.47. The summed E-state index contributed by atoms with van der Waals surface area (Å²) in [7, 11) is -3.39. The van der Waals surface area contributed by atoms with Gasteiger partial charge in [0, 0.05) is 62.1 Å². The van der Waals surface area contributed by atoms with E-state index in [9.17, 15) is 13.2 Å². The Morgan fingerprint density at radius 3 is 2.68 bits per heavy atom. The molecule has 202 valence electrons. The number of nitrogens with zero attached hydrogens (tertiary/aromatic N) is 4. The van der Waals surface area contributed by atoms with Gasteiger partial charge in [-0.3, -0.25) is 14.8 Å². The van der Waals surface area contributed by atoms with Gasteiger partial charge >= 0.3 is 0 Å². The number of nitrogens with one attached hydrogen (secondary N) is 1. The number of piperidine rings is 1. The first-order chi connectivity index (χ1) is 17.6. The molecule has 0 aromatic carbocycles. The van der Waals surface area contributed by atoms with Crippen molar-refractivity contribution in [3.8, 4) is 11.3 Å². The van der Waals surface area contributed by atoms with Gasteiger partial charge in [-0.25, -0.2) is 17.7 Å². The maximum atomic E-state index is 13.1. The van der Waals surface area contributed by atoms with E-state index in [1.54, 1.807) is 32.3 Å². The smallest absolute Gasteiger partial charge is 0.216 e. The summed E-state index contributed by atoms with van der Waals surface area (Å²) in [6.07, 6.45) is 8.34. The first-order valence-corrected chi connectivity index (χ1v) is 14.9. The van der Waals surface area contributed by atoms with Crippen LogP contribution in [-0.2, 0) is 26.0 Å². The number of carbonyl (C=O) groups excluding carboxylic acids is 1. The number of hydrogen-bond donors (Lipinski definition) is 1. The third-order valence-electron chi connectivity index (χ3n) is 7.32. The molecular weight excluding hydrogens is 514 g/mol. The molecule has 4 rings (SSSR count). The number of rotatable bonds is 9. The van der Waals surface area contributed by atoms with Crippen LogP contribution in [-0.4, -0.2) is 71.1 Å². The van der Waals surface area contributed by atoms with Crippen LogP contribution < -0.4 is 5.32 Å². The molecule has 0 saturated carbocycles. The molecule has 2 fully saturated rings. The molecule has 2 aliphatic rings. The van der Waals surface area contributed by atoms with Crippen LogP contribution in [0.25, 0.3) is 11.3 Å². The maximum absolute atomic E-state index is 13.1. The molecule has 4 heterocycles. The van der Waals surface area contributed by atoms with Gasteiger partial charge in [-0.1, -0.05) is 11.6 Å². The molecule has 0 amide bonds. The number of pyridine rings is 1. The number of anilines is 1. The van der Waals surface area contributed by atoms with Crippen molar-refractivity contribution < 1.29 is 17.9 Å². The molecule has 1 N–H and O–H groups in total. The van der Waals surface area contributed by atoms with Gasteiger partial charge in [0.15, 0.2) is 0 Å². The van der Waals surface area contributed by atoms with Crippen LogP contribution in [0.2, 0.25) is 5.02 Å². The molecule has 0 bridgehead atoms.